The van der Waals surface area contributed by atoms with Gasteiger partial charge in [-0.3, -0.25) is 34.9 Å². The summed E-state index contributed by atoms with van der Waals surface area (Å²) >= 11 is 0. The average molecular weight is 2030 g/mol. The molecule has 14 heterocycles. The molecule has 0 aliphatic carbocycles. The van der Waals surface area contributed by atoms with E-state index in [1.54, 1.807) is 0 Å². The van der Waals surface area contributed by atoms with Crippen LogP contribution in [0.15, 0.2) is 116 Å². The van der Waals surface area contributed by atoms with Crippen LogP contribution in [0.25, 0.3) is 0 Å². The summed E-state index contributed by atoms with van der Waals surface area (Å²) in [6.07, 6.45) is 19.3. The summed E-state index contributed by atoms with van der Waals surface area (Å²) < 4.78 is 38.7. The van der Waals surface area contributed by atoms with E-state index in [1.165, 1.54) is 90.6 Å². The van der Waals surface area contributed by atoms with Crippen LogP contribution in [0.4, 0.5) is 48.6 Å². The average Bonchev–Trinajstić information content (AvgIpc) is 0.800. The zero-order valence-electron chi connectivity index (χ0n) is 97.7. The lowest BCUT2D eigenvalue weighted by Gasteiger charge is -2.45. The SMILES string of the molecule is CC(C)c1ccc(N2CCCC(C(C)(C)N(C)C)C2)cn1.CC(C)c1ccc(N2CCC[C@@H](C(C)(C)N(C)C)C2)cn1.CC(C)c1ccc(N2CCC[C@H](C(C)N(C)C)C2)cn1.CC(C)c1ccc(N2CC[C@@H](F)[C@@H](O)C2)c(CN(C)C)n1.CC(C)c1ccc(N2CC[C@H](F)[C@@H](O)C2)c(CN(C)C)n1.CO[C@@]1(CN(C)C)CCCN(c2ccc(C(C)C)nc2)C1.CO[C@]1(CN(C)C)CCCN(c2ccc(C(C)C)nc2)C1. The highest BCUT2D eigenvalue weighted by Crippen LogP contribution is 2.39. The first-order valence-corrected chi connectivity index (χ1v) is 55.2. The number of pyridine rings is 7. The molecule has 0 spiro atoms. The van der Waals surface area contributed by atoms with Crippen LogP contribution in [-0.4, -0.2) is 350 Å². The smallest absolute Gasteiger partial charge is 0.129 e. The van der Waals surface area contributed by atoms with Gasteiger partial charge in [0.05, 0.1) is 93.4 Å². The van der Waals surface area contributed by atoms with E-state index in [0.717, 1.165) is 162 Å². The summed E-state index contributed by atoms with van der Waals surface area (Å²) in [6, 6.07) is 30.8. The van der Waals surface area contributed by atoms with E-state index in [0.29, 0.717) is 98.3 Å². The lowest BCUT2D eigenvalue weighted by atomic mass is 9.80. The van der Waals surface area contributed by atoms with Crippen LogP contribution in [-0.2, 0) is 22.6 Å². The monoisotopic (exact) mass is 2030 g/mol. The fourth-order valence-electron chi connectivity index (χ4n) is 20.8. The van der Waals surface area contributed by atoms with Crippen molar-refractivity contribution in [3.05, 3.63) is 167 Å². The van der Waals surface area contributed by atoms with Crippen molar-refractivity contribution in [1.82, 2.24) is 69.2 Å². The van der Waals surface area contributed by atoms with Gasteiger partial charge < -0.3 is 88.3 Å². The van der Waals surface area contributed by atoms with Crippen molar-refractivity contribution in [1.29, 1.82) is 0 Å². The third kappa shape index (κ3) is 36.7. The third-order valence-corrected chi connectivity index (χ3v) is 31.6. The highest BCUT2D eigenvalue weighted by Gasteiger charge is 2.41. The van der Waals surface area contributed by atoms with E-state index in [9.17, 15) is 19.0 Å². The molecule has 820 valence electrons. The highest BCUT2D eigenvalue weighted by atomic mass is 19.1. The van der Waals surface area contributed by atoms with Crippen molar-refractivity contribution in [2.75, 3.05) is 252 Å². The van der Waals surface area contributed by atoms with Gasteiger partial charge in [0, 0.05) is 189 Å². The number of rotatable bonds is 30. The zero-order valence-corrected chi connectivity index (χ0v) is 97.7. The molecule has 2 N–H and O–H groups in total. The Labute approximate surface area is 885 Å². The fraction of sp³-hybridized carbons (Fsp3) is 0.706. The molecular weight excluding hydrogens is 1830 g/mol. The maximum absolute atomic E-state index is 13.4. The second-order valence-electron chi connectivity index (χ2n) is 47.8. The Kier molecular flexibility index (Phi) is 49.0. The minimum absolute atomic E-state index is 0.0710. The first-order chi connectivity index (χ1) is 68.8. The Bertz CT molecular complexity index is 4590. The van der Waals surface area contributed by atoms with Crippen LogP contribution in [0, 0.1) is 17.8 Å². The summed E-state index contributed by atoms with van der Waals surface area (Å²) in [5, 5.41) is 19.6. The van der Waals surface area contributed by atoms with Gasteiger partial charge in [0.1, 0.15) is 24.6 Å². The van der Waals surface area contributed by atoms with Crippen LogP contribution in [0.5, 0.6) is 0 Å². The highest BCUT2D eigenvalue weighted by molar-refractivity contribution is 5.55. The lowest BCUT2D eigenvalue weighted by molar-refractivity contribution is -0.0374. The van der Waals surface area contributed by atoms with E-state index >= 15 is 0 Å². The van der Waals surface area contributed by atoms with E-state index in [1.807, 2.05) is 66.9 Å². The number of ether oxygens (including phenoxy) is 2. The van der Waals surface area contributed by atoms with Crippen molar-refractivity contribution in [2.24, 2.45) is 17.8 Å². The van der Waals surface area contributed by atoms with Crippen molar-refractivity contribution >= 4 is 39.8 Å². The number of β-amino-alcohol motifs (C(OH)–C–C–N with tert-alkyl or cyclic N) is 2. The van der Waals surface area contributed by atoms with Crippen molar-refractivity contribution in [2.45, 2.75) is 316 Å². The quantitative estimate of drug-likeness (QED) is 0.0431. The largest absolute Gasteiger partial charge is 0.388 e. The van der Waals surface area contributed by atoms with Gasteiger partial charge in [-0.15, -0.1) is 0 Å². The molecule has 146 heavy (non-hydrogen) atoms. The van der Waals surface area contributed by atoms with E-state index in [2.05, 4.69) is 387 Å². The number of hydrogen-bond donors (Lipinski definition) is 2. The predicted molar refractivity (Wildman–Crippen MR) is 612 cm³/mol. The molecular formula is C119H201F2N21O4. The second kappa shape index (κ2) is 58.1. The minimum Gasteiger partial charge on any atom is -0.388 e. The zero-order chi connectivity index (χ0) is 108. The minimum atomic E-state index is -1.11. The molecule has 27 heteroatoms. The van der Waals surface area contributed by atoms with Gasteiger partial charge in [0.25, 0.3) is 0 Å². The van der Waals surface area contributed by atoms with Crippen LogP contribution in [0.1, 0.15) is 301 Å². The topological polar surface area (TPSA) is 195 Å². The van der Waals surface area contributed by atoms with Crippen LogP contribution >= 0.6 is 0 Å². The van der Waals surface area contributed by atoms with Gasteiger partial charge in [-0.05, 0) is 354 Å². The number of methoxy groups -OCH3 is 2. The summed E-state index contributed by atoms with van der Waals surface area (Å²) in [7, 11) is 33.3. The summed E-state index contributed by atoms with van der Waals surface area (Å²) in [5.74, 6) is 5.37. The van der Waals surface area contributed by atoms with Crippen LogP contribution in [0.3, 0.4) is 0 Å². The number of aromatic nitrogens is 7. The molecule has 0 amide bonds. The first-order valence-electron chi connectivity index (χ1n) is 55.2. The van der Waals surface area contributed by atoms with E-state index in [-0.39, 0.29) is 22.3 Å². The Morgan fingerprint density at radius 2 is 0.623 bits per heavy atom. The summed E-state index contributed by atoms with van der Waals surface area (Å²) in [4.78, 5) is 64.7. The Morgan fingerprint density at radius 1 is 0.342 bits per heavy atom. The molecule has 0 radical (unpaired) electrons. The third-order valence-electron chi connectivity index (χ3n) is 31.6. The van der Waals surface area contributed by atoms with Gasteiger partial charge in [0.15, 0.2) is 0 Å². The molecule has 2 unspecified atom stereocenters. The number of anilines is 7. The summed E-state index contributed by atoms with van der Waals surface area (Å²) in [6.45, 7) is 58.4. The van der Waals surface area contributed by atoms with Gasteiger partial charge in [-0.25, -0.2) is 8.78 Å². The summed E-state index contributed by atoms with van der Waals surface area (Å²) in [5.41, 5.74) is 18.6. The Hall–Kier alpha value is -7.93. The molecule has 7 aromatic rings. The molecule has 0 saturated carbocycles. The van der Waals surface area contributed by atoms with Crippen molar-refractivity contribution in [3.8, 4) is 0 Å². The number of aliphatic hydroxyl groups excluding tert-OH is 2. The maximum Gasteiger partial charge on any atom is 0.129 e. The number of hydrogen-bond acceptors (Lipinski definition) is 25. The van der Waals surface area contributed by atoms with Crippen LogP contribution in [0.2, 0.25) is 0 Å². The van der Waals surface area contributed by atoms with Gasteiger partial charge in [-0.2, -0.15) is 0 Å². The van der Waals surface area contributed by atoms with E-state index < -0.39 is 24.6 Å². The van der Waals surface area contributed by atoms with Crippen molar-refractivity contribution in [3.63, 3.8) is 0 Å². The molecule has 0 aromatic carbocycles. The number of alkyl halides is 2. The van der Waals surface area contributed by atoms with E-state index in [4.69, 9.17) is 19.4 Å². The normalized spacial score (nSPS) is 22.1. The molecule has 7 saturated heterocycles. The van der Waals surface area contributed by atoms with Gasteiger partial charge >= 0.3 is 0 Å². The molecule has 7 fully saturated rings. The number of aliphatic hydroxyl groups is 2. The Morgan fingerprint density at radius 3 is 0.877 bits per heavy atom. The Balaban J connectivity index is 0.000000208. The second-order valence-corrected chi connectivity index (χ2v) is 47.8. The molecule has 14 rings (SSSR count). The van der Waals surface area contributed by atoms with Gasteiger partial charge in [0.2, 0.25) is 0 Å². The lowest BCUT2D eigenvalue weighted by Crippen LogP contribution is -2.54. The molecule has 7 aliphatic heterocycles. The van der Waals surface area contributed by atoms with Crippen LogP contribution < -0.4 is 34.3 Å². The molecule has 25 nitrogen and oxygen atoms in total. The fourth-order valence-corrected chi connectivity index (χ4v) is 20.8. The standard InChI is InChI=1S/2C18H31N3.2C17H29N3O.C17H29N3.2C16H26FN3O/c2*1-14(2)17-10-9-16(12-19-17)21-11-7-8-15(13-21)18(3,4)20(5)6;2*1-14(2)16-8-7-15(11-18-16)20-10-6-9-17(13-20,21-5)12-19(3)4;1-13(2)17-9-8-16(11-18-17)20-10-6-7-15(12-20)14(3)19(4)5;2*1-11(2)13-5-6-15(14(18-13)9-19(3)4)20-8-7-12(17)16(21)10-20/h2*9-10,12,14-15H,7-8,11,13H2,1-6H3;2*7-8,11,14H,6,9-10,12-13H2,1-5H3;8-9,11,13-15H,6-7,10,12H2,1-5H3;2*5-6,11-12,16,21H,7-10H2,1-4H3/t15-;;2*17-;14?,15-;12-,16+;12-,16-/m1.10010/s1. The number of likely N-dealkylation sites (N-methyl/N-ethyl adjacent to an activating group) is 2. The molecule has 10 atom stereocenters. The molecule has 0 bridgehead atoms. The maximum atomic E-state index is 13.4. The van der Waals surface area contributed by atoms with Gasteiger partial charge in [-0.1, -0.05) is 96.9 Å². The number of nitrogens with zero attached hydrogens (tertiary/aromatic N) is 21. The molecule has 7 aliphatic rings. The first kappa shape index (κ1) is 123. The molecule has 7 aromatic heterocycles. The van der Waals surface area contributed by atoms with Crippen molar-refractivity contribution < 1.29 is 28.5 Å². The number of halogens is 2. The number of piperidine rings is 7. The predicted octanol–water partition coefficient (Wildman–Crippen LogP) is 20.8.